The molecule has 0 fully saturated rings. The normalized spacial score (nSPS) is 15.7. The van der Waals surface area contributed by atoms with Crippen LogP contribution < -0.4 is 5.73 Å². The van der Waals surface area contributed by atoms with E-state index in [0.717, 1.165) is 6.42 Å². The van der Waals surface area contributed by atoms with Crippen molar-refractivity contribution in [2.45, 2.75) is 48.0 Å². The van der Waals surface area contributed by atoms with Gasteiger partial charge in [-0.1, -0.05) is 39.3 Å². The van der Waals surface area contributed by atoms with E-state index in [2.05, 4.69) is 45.7 Å². The summed E-state index contributed by atoms with van der Waals surface area (Å²) in [5.74, 6) is 0.597. The number of aliphatic imine (C=N–C) groups is 1. The topological polar surface area (TPSA) is 38.4 Å². The van der Waals surface area contributed by atoms with Gasteiger partial charge in [-0.3, -0.25) is 0 Å². The fourth-order valence-corrected chi connectivity index (χ4v) is 0.986. The van der Waals surface area contributed by atoms with Crippen molar-refractivity contribution in [3.05, 3.63) is 23.4 Å². The molecular formula is C13H24N2. The molecule has 0 spiro atoms. The van der Waals surface area contributed by atoms with Crippen molar-refractivity contribution in [2.75, 3.05) is 0 Å². The minimum Gasteiger partial charge on any atom is -0.387 e. The van der Waals surface area contributed by atoms with Crippen LogP contribution >= 0.6 is 0 Å². The maximum Gasteiger partial charge on any atom is 0.0957 e. The van der Waals surface area contributed by atoms with Crippen LogP contribution in [0.25, 0.3) is 0 Å². The molecule has 86 valence electrons. The predicted molar refractivity (Wildman–Crippen MR) is 68.9 cm³/mol. The van der Waals surface area contributed by atoms with E-state index in [1.807, 2.05) is 6.20 Å². The quantitative estimate of drug-likeness (QED) is 0.429. The van der Waals surface area contributed by atoms with E-state index in [1.165, 1.54) is 11.1 Å². The minimum atomic E-state index is 0.107. The Kier molecular flexibility index (Phi) is 5.34. The van der Waals surface area contributed by atoms with E-state index in [4.69, 9.17) is 5.73 Å². The van der Waals surface area contributed by atoms with Crippen LogP contribution in [0.5, 0.6) is 0 Å². The second kappa shape index (κ2) is 5.74. The summed E-state index contributed by atoms with van der Waals surface area (Å²) in [6, 6.07) is 0. The average Bonchev–Trinajstić information content (AvgIpc) is 2.09. The molecule has 0 atom stereocenters. The standard InChI is InChI=1S/C13H24N2/c1-7-10(2)8-12(13(4,5)6)9-15-11(3)14/h8-9H,7H2,1-6H3,(H2,14,15)/b10-8+,12-9+. The third-order valence-electron chi connectivity index (χ3n) is 2.23. The molecule has 0 aliphatic rings. The van der Waals surface area contributed by atoms with Gasteiger partial charge < -0.3 is 5.73 Å². The van der Waals surface area contributed by atoms with Crippen LogP contribution in [0, 0.1) is 5.41 Å². The van der Waals surface area contributed by atoms with E-state index in [0.29, 0.717) is 5.84 Å². The largest absolute Gasteiger partial charge is 0.387 e. The summed E-state index contributed by atoms with van der Waals surface area (Å²) < 4.78 is 0. The maximum atomic E-state index is 5.53. The smallest absolute Gasteiger partial charge is 0.0957 e. The van der Waals surface area contributed by atoms with Crippen LogP contribution in [-0.4, -0.2) is 5.84 Å². The molecule has 0 saturated carbocycles. The molecule has 0 aliphatic heterocycles. The molecule has 0 radical (unpaired) electrons. The summed E-state index contributed by atoms with van der Waals surface area (Å²) in [5.41, 5.74) is 8.22. The fourth-order valence-electron chi connectivity index (χ4n) is 0.986. The lowest BCUT2D eigenvalue weighted by molar-refractivity contribution is 0.515. The second-order valence-electron chi connectivity index (χ2n) is 4.95. The first-order valence-corrected chi connectivity index (χ1v) is 5.45. The average molecular weight is 208 g/mol. The Bertz CT molecular complexity index is 284. The lowest BCUT2D eigenvalue weighted by atomic mass is 9.86. The molecule has 0 bridgehead atoms. The van der Waals surface area contributed by atoms with Gasteiger partial charge in [0.25, 0.3) is 0 Å². The molecule has 15 heavy (non-hydrogen) atoms. The van der Waals surface area contributed by atoms with Gasteiger partial charge in [0.2, 0.25) is 0 Å². The van der Waals surface area contributed by atoms with Gasteiger partial charge in [-0.2, -0.15) is 0 Å². The first-order chi connectivity index (χ1) is 6.77. The van der Waals surface area contributed by atoms with Crippen molar-refractivity contribution in [1.29, 1.82) is 0 Å². The zero-order chi connectivity index (χ0) is 12.1. The molecule has 2 heteroatoms. The highest BCUT2D eigenvalue weighted by molar-refractivity contribution is 5.78. The van der Waals surface area contributed by atoms with E-state index >= 15 is 0 Å². The third kappa shape index (κ3) is 6.10. The molecule has 0 aromatic rings. The molecule has 0 aromatic heterocycles. The fraction of sp³-hybridized carbons (Fsp3) is 0.615. The van der Waals surface area contributed by atoms with Gasteiger partial charge in [0.1, 0.15) is 0 Å². The highest BCUT2D eigenvalue weighted by Gasteiger charge is 2.14. The van der Waals surface area contributed by atoms with Crippen LogP contribution in [0.3, 0.4) is 0 Å². The Morgan fingerprint density at radius 1 is 1.27 bits per heavy atom. The second-order valence-corrected chi connectivity index (χ2v) is 4.95. The Hall–Kier alpha value is -1.05. The van der Waals surface area contributed by atoms with Crippen molar-refractivity contribution in [2.24, 2.45) is 16.1 Å². The number of nitrogens with two attached hydrogens (primary N) is 1. The van der Waals surface area contributed by atoms with Crippen molar-refractivity contribution < 1.29 is 0 Å². The zero-order valence-corrected chi connectivity index (χ0v) is 10.9. The SMILES string of the molecule is CC/C(C)=C/C(=C\N=C(C)N)C(C)(C)C. The van der Waals surface area contributed by atoms with Crippen LogP contribution in [0.1, 0.15) is 48.0 Å². The Morgan fingerprint density at radius 3 is 2.13 bits per heavy atom. The Balaban J connectivity index is 5.09. The monoisotopic (exact) mass is 208 g/mol. The number of rotatable bonds is 3. The van der Waals surface area contributed by atoms with Gasteiger partial charge in [-0.15, -0.1) is 0 Å². The van der Waals surface area contributed by atoms with E-state index in [1.54, 1.807) is 6.92 Å². The summed E-state index contributed by atoms with van der Waals surface area (Å²) in [5, 5.41) is 0. The third-order valence-corrected chi connectivity index (χ3v) is 2.23. The molecule has 0 saturated heterocycles. The molecule has 0 heterocycles. The molecule has 0 amide bonds. The maximum absolute atomic E-state index is 5.53. The van der Waals surface area contributed by atoms with Crippen molar-refractivity contribution in [3.63, 3.8) is 0 Å². The van der Waals surface area contributed by atoms with Gasteiger partial charge in [0, 0.05) is 6.20 Å². The predicted octanol–water partition coefficient (Wildman–Crippen LogP) is 3.65. The molecule has 0 rings (SSSR count). The number of amidine groups is 1. The van der Waals surface area contributed by atoms with E-state index in [9.17, 15) is 0 Å². The highest BCUT2D eigenvalue weighted by atomic mass is 14.8. The van der Waals surface area contributed by atoms with Crippen LogP contribution in [0.2, 0.25) is 0 Å². The van der Waals surface area contributed by atoms with Gasteiger partial charge in [0.05, 0.1) is 5.84 Å². The molecule has 2 N–H and O–H groups in total. The lowest BCUT2D eigenvalue weighted by Gasteiger charge is -2.20. The molecule has 0 aliphatic carbocycles. The Labute approximate surface area is 94.0 Å². The summed E-state index contributed by atoms with van der Waals surface area (Å²) in [7, 11) is 0. The summed E-state index contributed by atoms with van der Waals surface area (Å²) in [6.07, 6.45) is 5.14. The summed E-state index contributed by atoms with van der Waals surface area (Å²) in [4.78, 5) is 4.17. The molecule has 0 unspecified atom stereocenters. The van der Waals surface area contributed by atoms with Crippen LogP contribution in [0.15, 0.2) is 28.4 Å². The van der Waals surface area contributed by atoms with E-state index < -0.39 is 0 Å². The summed E-state index contributed by atoms with van der Waals surface area (Å²) in [6.45, 7) is 12.6. The lowest BCUT2D eigenvalue weighted by Crippen LogP contribution is -2.09. The van der Waals surface area contributed by atoms with Gasteiger partial charge >= 0.3 is 0 Å². The minimum absolute atomic E-state index is 0.107. The zero-order valence-electron chi connectivity index (χ0n) is 10.9. The van der Waals surface area contributed by atoms with Crippen molar-refractivity contribution in [3.8, 4) is 0 Å². The molecule has 2 nitrogen and oxygen atoms in total. The molecule has 0 aromatic carbocycles. The number of hydrogen-bond donors (Lipinski definition) is 1. The van der Waals surface area contributed by atoms with Gasteiger partial charge in [-0.25, -0.2) is 4.99 Å². The highest BCUT2D eigenvalue weighted by Crippen LogP contribution is 2.27. The van der Waals surface area contributed by atoms with Crippen LogP contribution in [0.4, 0.5) is 0 Å². The Morgan fingerprint density at radius 2 is 1.80 bits per heavy atom. The first-order valence-electron chi connectivity index (χ1n) is 5.45. The summed E-state index contributed by atoms with van der Waals surface area (Å²) >= 11 is 0. The van der Waals surface area contributed by atoms with Gasteiger partial charge in [0.15, 0.2) is 0 Å². The van der Waals surface area contributed by atoms with Crippen molar-refractivity contribution in [1.82, 2.24) is 0 Å². The first kappa shape index (κ1) is 13.9. The molecular weight excluding hydrogens is 184 g/mol. The van der Waals surface area contributed by atoms with Crippen molar-refractivity contribution >= 4 is 5.84 Å². The van der Waals surface area contributed by atoms with E-state index in [-0.39, 0.29) is 5.41 Å². The number of nitrogens with zero attached hydrogens (tertiary/aromatic N) is 1. The van der Waals surface area contributed by atoms with Gasteiger partial charge in [-0.05, 0) is 31.3 Å². The number of allylic oxidation sites excluding steroid dienone is 3. The number of hydrogen-bond acceptors (Lipinski definition) is 1. The van der Waals surface area contributed by atoms with Crippen LogP contribution in [-0.2, 0) is 0 Å².